The first-order chi connectivity index (χ1) is 18.1. The molecule has 0 heterocycles. The van der Waals surface area contributed by atoms with E-state index in [-0.39, 0.29) is 24.3 Å². The van der Waals surface area contributed by atoms with Crippen molar-refractivity contribution in [3.8, 4) is 57.1 Å². The number of aliphatic hydroxyl groups excluding tert-OH is 1. The molecule has 39 heavy (non-hydrogen) atoms. The number of halogens is 1. The maximum Gasteiger partial charge on any atom is 0.343 e. The second kappa shape index (κ2) is 10.7. The van der Waals surface area contributed by atoms with Gasteiger partial charge in [-0.25, -0.2) is 4.79 Å². The highest BCUT2D eigenvalue weighted by molar-refractivity contribution is 6.34. The highest BCUT2D eigenvalue weighted by atomic mass is 35.5. The summed E-state index contributed by atoms with van der Waals surface area (Å²) in [5.41, 5.74) is -2.22. The van der Waals surface area contributed by atoms with Crippen LogP contribution in [-0.4, -0.2) is 86.2 Å². The van der Waals surface area contributed by atoms with Crippen LogP contribution in [0.25, 0.3) is 11.1 Å². The number of hydrogen-bond acceptors (Lipinski definition) is 14. The zero-order valence-corrected chi connectivity index (χ0v) is 20.2. The van der Waals surface area contributed by atoms with Crippen LogP contribution in [0.2, 0.25) is 5.02 Å². The molecule has 0 spiro atoms. The van der Waals surface area contributed by atoms with Gasteiger partial charge in [-0.1, -0.05) is 23.7 Å². The first-order valence-corrected chi connectivity index (χ1v) is 11.1. The van der Waals surface area contributed by atoms with Gasteiger partial charge in [-0.2, -0.15) is 0 Å². The van der Waals surface area contributed by atoms with Gasteiger partial charge in [0.1, 0.15) is 22.1 Å². The number of anilines is 1. The number of carbonyl (C=O) groups is 1. The summed E-state index contributed by atoms with van der Waals surface area (Å²) in [4.78, 5) is 11.4. The molecule has 0 aromatic heterocycles. The number of phenolic OH excluding ortho intramolecular Hbond substituents is 6. The predicted molar refractivity (Wildman–Crippen MR) is 132 cm³/mol. The molecular formula is C23H23ClN2O13. The first kappa shape index (κ1) is 29.0. The Hall–Kier alpha value is -4.54. The molecule has 0 radical (unpaired) electrons. The second-order valence-corrected chi connectivity index (χ2v) is 8.51. The fourth-order valence-electron chi connectivity index (χ4n) is 3.66. The van der Waals surface area contributed by atoms with Crippen LogP contribution in [0.1, 0.15) is 22.0 Å². The number of aliphatic hydroxyl groups is 3. The van der Waals surface area contributed by atoms with Crippen LogP contribution in [0.4, 0.5) is 5.69 Å². The van der Waals surface area contributed by atoms with E-state index in [9.17, 15) is 66.1 Å². The summed E-state index contributed by atoms with van der Waals surface area (Å²) in [6, 6.07) is 5.58. The van der Waals surface area contributed by atoms with Gasteiger partial charge >= 0.3 is 5.97 Å². The third kappa shape index (κ3) is 5.25. The van der Waals surface area contributed by atoms with E-state index in [0.717, 1.165) is 0 Å². The zero-order chi connectivity index (χ0) is 29.4. The third-order valence-corrected chi connectivity index (χ3v) is 5.99. The Morgan fingerprint density at radius 2 is 1.44 bits per heavy atom. The van der Waals surface area contributed by atoms with Crippen molar-refractivity contribution >= 4 is 23.3 Å². The Balaban J connectivity index is 1.76. The van der Waals surface area contributed by atoms with Crippen LogP contribution >= 0.6 is 11.6 Å². The molecule has 14 N–H and O–H groups in total. The van der Waals surface area contributed by atoms with Crippen molar-refractivity contribution in [1.29, 1.82) is 0 Å². The van der Waals surface area contributed by atoms with Gasteiger partial charge in [-0.3, -0.25) is 5.32 Å². The lowest BCUT2D eigenvalue weighted by Crippen LogP contribution is -2.51. The maximum absolute atomic E-state index is 11.4. The molecular weight excluding hydrogens is 548 g/mol. The van der Waals surface area contributed by atoms with E-state index in [1.54, 1.807) is 0 Å². The van der Waals surface area contributed by atoms with Crippen LogP contribution in [0.5, 0.6) is 46.0 Å². The molecule has 3 aromatic rings. The van der Waals surface area contributed by atoms with Crippen molar-refractivity contribution in [2.45, 2.75) is 12.0 Å². The lowest BCUT2D eigenvalue weighted by atomic mass is 9.98. The Morgan fingerprint density at radius 3 is 2.05 bits per heavy atom. The Kier molecular flexibility index (Phi) is 7.95. The van der Waals surface area contributed by atoms with E-state index in [4.69, 9.17) is 11.6 Å². The molecule has 0 amide bonds. The molecule has 1 atom stereocenters. The Bertz CT molecular complexity index is 1420. The molecule has 0 saturated carbocycles. The summed E-state index contributed by atoms with van der Waals surface area (Å²) in [6.07, 6.45) is -2.48. The van der Waals surface area contributed by atoms with Crippen molar-refractivity contribution in [3.63, 3.8) is 0 Å². The van der Waals surface area contributed by atoms with Gasteiger partial charge in [-0.15, -0.1) is 0 Å². The summed E-state index contributed by atoms with van der Waals surface area (Å²) < 4.78 is 0. The SMILES string of the molecule is O=C(O)c1c(O)c(O)c(O)c(-c2cccc(NCCNC(O)(O)C(O)c3c(O)c(O)c(O)c(Cl)c3O)c2)c1O. The summed E-state index contributed by atoms with van der Waals surface area (Å²) in [5, 5.41) is 123. The molecule has 0 bridgehead atoms. The minimum absolute atomic E-state index is 0.0183. The summed E-state index contributed by atoms with van der Waals surface area (Å²) in [5.74, 6) is -14.1. The monoisotopic (exact) mass is 570 g/mol. The highest BCUT2D eigenvalue weighted by Gasteiger charge is 2.40. The minimum Gasteiger partial charge on any atom is -0.506 e. The maximum atomic E-state index is 11.4. The molecule has 0 aliphatic heterocycles. The molecule has 0 aliphatic rings. The number of nitrogens with one attached hydrogen (secondary N) is 2. The van der Waals surface area contributed by atoms with Crippen molar-refractivity contribution in [2.75, 3.05) is 18.4 Å². The van der Waals surface area contributed by atoms with Gasteiger partial charge in [0.2, 0.25) is 11.5 Å². The van der Waals surface area contributed by atoms with E-state index in [0.29, 0.717) is 0 Å². The summed E-state index contributed by atoms with van der Waals surface area (Å²) >= 11 is 5.60. The lowest BCUT2D eigenvalue weighted by Gasteiger charge is -2.29. The molecule has 0 aliphatic carbocycles. The molecule has 0 saturated heterocycles. The standard InChI is InChI=1S/C23H23ClN2O13/c24-12-14(28)10(16(30)20(34)18(12)32)21(35)23(38,39)26-5-4-25-8-3-1-2-7(6-8)9-13(27)11(22(36)37)17(31)19(33)15(9)29/h1-3,6,21,25-35,38-39H,4-5H2,(H,36,37). The van der Waals surface area contributed by atoms with Gasteiger partial charge in [0.25, 0.3) is 5.91 Å². The topological polar surface area (TPSA) is 284 Å². The van der Waals surface area contributed by atoms with Crippen molar-refractivity contribution in [2.24, 2.45) is 0 Å². The van der Waals surface area contributed by atoms with Gasteiger partial charge in [-0.05, 0) is 17.7 Å². The summed E-state index contributed by atoms with van der Waals surface area (Å²) in [6.45, 7) is -0.412. The molecule has 210 valence electrons. The molecule has 3 rings (SSSR count). The van der Waals surface area contributed by atoms with E-state index in [2.05, 4.69) is 10.6 Å². The molecule has 0 fully saturated rings. The largest absolute Gasteiger partial charge is 0.506 e. The zero-order valence-electron chi connectivity index (χ0n) is 19.5. The van der Waals surface area contributed by atoms with Gasteiger partial charge in [0.05, 0.1) is 11.1 Å². The lowest BCUT2D eigenvalue weighted by molar-refractivity contribution is -0.248. The normalized spacial score (nSPS) is 12.3. The third-order valence-electron chi connectivity index (χ3n) is 5.63. The summed E-state index contributed by atoms with van der Waals surface area (Å²) in [7, 11) is 0. The van der Waals surface area contributed by atoms with Crippen LogP contribution in [0.3, 0.4) is 0 Å². The van der Waals surface area contributed by atoms with Crippen LogP contribution in [0, 0.1) is 0 Å². The van der Waals surface area contributed by atoms with E-state index in [1.807, 2.05) is 0 Å². The smallest absolute Gasteiger partial charge is 0.343 e. The minimum atomic E-state index is -3.21. The van der Waals surface area contributed by atoms with E-state index >= 15 is 0 Å². The number of aromatic carboxylic acids is 1. The number of aromatic hydroxyl groups is 8. The first-order valence-electron chi connectivity index (χ1n) is 10.7. The van der Waals surface area contributed by atoms with Crippen LogP contribution in [-0.2, 0) is 0 Å². The second-order valence-electron chi connectivity index (χ2n) is 8.13. The molecule has 3 aromatic carbocycles. The number of hydrogen-bond donors (Lipinski definition) is 14. The Morgan fingerprint density at radius 1 is 0.821 bits per heavy atom. The quantitative estimate of drug-likeness (QED) is 0.0729. The molecule has 15 nitrogen and oxygen atoms in total. The van der Waals surface area contributed by atoms with E-state index < -0.39 is 85.7 Å². The number of phenols is 8. The predicted octanol–water partition coefficient (Wildman–Crippen LogP) is 0.723. The van der Waals surface area contributed by atoms with Gasteiger partial charge in [0, 0.05) is 18.8 Å². The average Bonchev–Trinajstić information content (AvgIpc) is 2.87. The Labute approximate surface area is 222 Å². The van der Waals surface area contributed by atoms with Gasteiger partial charge < -0.3 is 66.6 Å². The van der Waals surface area contributed by atoms with E-state index in [1.165, 1.54) is 24.3 Å². The fourth-order valence-corrected chi connectivity index (χ4v) is 3.85. The number of carboxylic acids is 1. The number of benzene rings is 3. The molecule has 16 heteroatoms. The molecule has 1 unspecified atom stereocenters. The van der Waals surface area contributed by atoms with Crippen molar-refractivity contribution in [3.05, 3.63) is 40.4 Å². The van der Waals surface area contributed by atoms with Gasteiger partial charge in [0.15, 0.2) is 29.1 Å². The number of carboxylic acid groups (broad SMARTS) is 1. The fraction of sp³-hybridized carbons (Fsp3) is 0.174. The van der Waals surface area contributed by atoms with Crippen molar-refractivity contribution in [1.82, 2.24) is 5.32 Å². The highest BCUT2D eigenvalue weighted by Crippen LogP contribution is 2.53. The van der Waals surface area contributed by atoms with Crippen molar-refractivity contribution < 1.29 is 66.1 Å². The van der Waals surface area contributed by atoms with Crippen LogP contribution in [0.15, 0.2) is 24.3 Å². The number of rotatable bonds is 9. The van der Waals surface area contributed by atoms with Crippen LogP contribution < -0.4 is 10.6 Å². The average molecular weight is 571 g/mol.